The van der Waals surface area contributed by atoms with Crippen molar-refractivity contribution in [2.45, 2.75) is 18.9 Å². The summed E-state index contributed by atoms with van der Waals surface area (Å²) in [6.07, 6.45) is 2.08. The second kappa shape index (κ2) is 7.32. The second-order valence-electron chi connectivity index (χ2n) is 5.48. The van der Waals surface area contributed by atoms with Gasteiger partial charge in [-0.2, -0.15) is 0 Å². The van der Waals surface area contributed by atoms with E-state index in [1.165, 1.54) is 11.1 Å². The number of likely N-dealkylation sites (N-methyl/N-ethyl adjacent to an activating group) is 1. The van der Waals surface area contributed by atoms with Crippen LogP contribution in [0, 0.1) is 0 Å². The highest BCUT2D eigenvalue weighted by atomic mass is 35.5. The van der Waals surface area contributed by atoms with Gasteiger partial charge in [-0.3, -0.25) is 4.79 Å². The fourth-order valence-electron chi connectivity index (χ4n) is 2.97. The number of fused-ring (bicyclic) bond motifs is 1. The Morgan fingerprint density at radius 2 is 1.82 bits per heavy atom. The van der Waals surface area contributed by atoms with Crippen molar-refractivity contribution in [2.75, 3.05) is 18.9 Å². The van der Waals surface area contributed by atoms with Gasteiger partial charge in [0.05, 0.1) is 12.6 Å². The van der Waals surface area contributed by atoms with Crippen molar-refractivity contribution in [1.29, 1.82) is 0 Å². The van der Waals surface area contributed by atoms with Crippen molar-refractivity contribution in [3.05, 3.63) is 65.7 Å². The molecule has 1 aliphatic rings. The van der Waals surface area contributed by atoms with Gasteiger partial charge in [-0.1, -0.05) is 42.5 Å². The molecule has 2 aromatic carbocycles. The molecule has 3 rings (SSSR count). The van der Waals surface area contributed by atoms with E-state index >= 15 is 0 Å². The Balaban J connectivity index is 0.00000176. The van der Waals surface area contributed by atoms with E-state index in [2.05, 4.69) is 29.6 Å². The Labute approximate surface area is 137 Å². The molecule has 1 unspecified atom stereocenters. The Morgan fingerprint density at radius 1 is 1.14 bits per heavy atom. The van der Waals surface area contributed by atoms with E-state index in [-0.39, 0.29) is 24.4 Å². The molecule has 0 aliphatic heterocycles. The van der Waals surface area contributed by atoms with Crippen molar-refractivity contribution >= 4 is 24.0 Å². The van der Waals surface area contributed by atoms with Gasteiger partial charge in [0.1, 0.15) is 0 Å². The summed E-state index contributed by atoms with van der Waals surface area (Å²) in [6, 6.07) is 18.5. The Hall–Kier alpha value is -2.00. The average molecular weight is 317 g/mol. The van der Waals surface area contributed by atoms with Gasteiger partial charge in [0.25, 0.3) is 0 Å². The van der Waals surface area contributed by atoms with Crippen LogP contribution in [-0.2, 0) is 11.2 Å². The number of amides is 1. The first-order valence-electron chi connectivity index (χ1n) is 7.38. The molecule has 116 valence electrons. The Morgan fingerprint density at radius 3 is 2.59 bits per heavy atom. The van der Waals surface area contributed by atoms with Crippen LogP contribution in [0.3, 0.4) is 0 Å². The normalized spacial score (nSPS) is 15.6. The molecule has 0 aromatic heterocycles. The minimum absolute atomic E-state index is 0. The van der Waals surface area contributed by atoms with Crippen molar-refractivity contribution in [3.8, 4) is 0 Å². The number of rotatable bonds is 4. The maximum Gasteiger partial charge on any atom is 0.242 e. The van der Waals surface area contributed by atoms with Crippen LogP contribution in [-0.4, -0.2) is 24.4 Å². The predicted octanol–water partition coefficient (Wildman–Crippen LogP) is 3.67. The van der Waals surface area contributed by atoms with E-state index in [0.717, 1.165) is 18.5 Å². The number of nitrogens with zero attached hydrogens (tertiary/aromatic N) is 1. The lowest BCUT2D eigenvalue weighted by Crippen LogP contribution is -2.34. The van der Waals surface area contributed by atoms with E-state index in [9.17, 15) is 4.79 Å². The van der Waals surface area contributed by atoms with E-state index in [1.807, 2.05) is 42.3 Å². The van der Waals surface area contributed by atoms with Gasteiger partial charge in [0, 0.05) is 12.7 Å². The second-order valence-corrected chi connectivity index (χ2v) is 5.48. The molecule has 0 radical (unpaired) electrons. The number of benzene rings is 2. The van der Waals surface area contributed by atoms with Crippen LogP contribution in [0.1, 0.15) is 23.6 Å². The summed E-state index contributed by atoms with van der Waals surface area (Å²) in [5.74, 6) is 0.126. The maximum absolute atomic E-state index is 12.4. The summed E-state index contributed by atoms with van der Waals surface area (Å²) >= 11 is 0. The largest absolute Gasteiger partial charge is 0.376 e. The lowest BCUT2D eigenvalue weighted by Gasteiger charge is -2.25. The molecule has 4 heteroatoms. The minimum atomic E-state index is 0. The Bertz CT molecular complexity index is 630. The smallest absolute Gasteiger partial charge is 0.242 e. The molecule has 2 aromatic rings. The number of hydrogen-bond donors (Lipinski definition) is 1. The molecule has 1 atom stereocenters. The fraction of sp³-hybridized carbons (Fsp3) is 0.278. The van der Waals surface area contributed by atoms with Crippen molar-refractivity contribution in [1.82, 2.24) is 4.90 Å². The zero-order valence-electron chi connectivity index (χ0n) is 12.7. The molecule has 0 heterocycles. The molecular formula is C18H21ClN2O. The third-order valence-corrected chi connectivity index (χ3v) is 4.18. The third kappa shape index (κ3) is 3.42. The summed E-state index contributed by atoms with van der Waals surface area (Å²) in [4.78, 5) is 14.3. The van der Waals surface area contributed by atoms with Gasteiger partial charge in [0.15, 0.2) is 0 Å². The summed E-state index contributed by atoms with van der Waals surface area (Å²) < 4.78 is 0. The lowest BCUT2D eigenvalue weighted by molar-refractivity contribution is -0.130. The highest BCUT2D eigenvalue weighted by Gasteiger charge is 2.27. The number of carbonyl (C=O) groups is 1. The summed E-state index contributed by atoms with van der Waals surface area (Å²) in [6.45, 7) is 0.333. The first-order valence-corrected chi connectivity index (χ1v) is 7.38. The zero-order chi connectivity index (χ0) is 14.7. The van der Waals surface area contributed by atoms with Crippen LogP contribution in [0.5, 0.6) is 0 Å². The number of para-hydroxylation sites is 1. The highest BCUT2D eigenvalue weighted by Crippen LogP contribution is 2.34. The maximum atomic E-state index is 12.4. The van der Waals surface area contributed by atoms with Crippen molar-refractivity contribution in [3.63, 3.8) is 0 Å². The van der Waals surface area contributed by atoms with Crippen molar-refractivity contribution in [2.24, 2.45) is 0 Å². The monoisotopic (exact) mass is 316 g/mol. The van der Waals surface area contributed by atoms with Gasteiger partial charge in [0.2, 0.25) is 5.91 Å². The van der Waals surface area contributed by atoms with E-state index in [4.69, 9.17) is 0 Å². The lowest BCUT2D eigenvalue weighted by atomic mass is 10.1. The van der Waals surface area contributed by atoms with E-state index in [1.54, 1.807) is 0 Å². The molecule has 22 heavy (non-hydrogen) atoms. The topological polar surface area (TPSA) is 32.3 Å². The summed E-state index contributed by atoms with van der Waals surface area (Å²) in [7, 11) is 1.90. The first kappa shape index (κ1) is 16.4. The minimum Gasteiger partial charge on any atom is -0.376 e. The Kier molecular flexibility index (Phi) is 5.45. The van der Waals surface area contributed by atoms with Crippen LogP contribution in [0.2, 0.25) is 0 Å². The summed E-state index contributed by atoms with van der Waals surface area (Å²) in [5.41, 5.74) is 3.65. The van der Waals surface area contributed by atoms with Gasteiger partial charge in [-0.15, -0.1) is 12.4 Å². The molecule has 0 spiro atoms. The van der Waals surface area contributed by atoms with E-state index in [0.29, 0.717) is 6.54 Å². The molecule has 1 N–H and O–H groups in total. The standard InChI is InChI=1S/C18H20N2O.ClH/c1-20(17-12-11-14-7-5-6-10-16(14)17)18(21)13-19-15-8-3-2-4-9-15;/h2-10,17,19H,11-13H2,1H3;1H. The number of hydrogen-bond acceptors (Lipinski definition) is 2. The molecule has 0 fully saturated rings. The van der Waals surface area contributed by atoms with Crippen LogP contribution in [0.25, 0.3) is 0 Å². The quantitative estimate of drug-likeness (QED) is 0.933. The van der Waals surface area contributed by atoms with Gasteiger partial charge >= 0.3 is 0 Å². The number of anilines is 1. The van der Waals surface area contributed by atoms with Crippen LogP contribution < -0.4 is 5.32 Å². The zero-order valence-corrected chi connectivity index (χ0v) is 13.5. The van der Waals surface area contributed by atoms with Gasteiger partial charge < -0.3 is 10.2 Å². The number of carbonyl (C=O) groups excluding carboxylic acids is 1. The van der Waals surface area contributed by atoms with Gasteiger partial charge in [-0.05, 0) is 36.1 Å². The molecule has 1 amide bonds. The van der Waals surface area contributed by atoms with Crippen molar-refractivity contribution < 1.29 is 4.79 Å². The van der Waals surface area contributed by atoms with Crippen LogP contribution in [0.15, 0.2) is 54.6 Å². The van der Waals surface area contributed by atoms with Gasteiger partial charge in [-0.25, -0.2) is 0 Å². The molecular weight excluding hydrogens is 296 g/mol. The predicted molar refractivity (Wildman–Crippen MR) is 92.5 cm³/mol. The first-order chi connectivity index (χ1) is 10.3. The molecule has 0 saturated carbocycles. The number of aryl methyl sites for hydroxylation is 1. The highest BCUT2D eigenvalue weighted by molar-refractivity contribution is 5.85. The number of nitrogens with one attached hydrogen (secondary N) is 1. The molecule has 0 saturated heterocycles. The van der Waals surface area contributed by atoms with Crippen LogP contribution in [0.4, 0.5) is 5.69 Å². The fourth-order valence-corrected chi connectivity index (χ4v) is 2.97. The summed E-state index contributed by atoms with van der Waals surface area (Å²) in [5, 5.41) is 3.18. The SMILES string of the molecule is CN(C(=O)CNc1ccccc1)C1CCc2ccccc21.Cl. The van der Waals surface area contributed by atoms with Crippen LogP contribution >= 0.6 is 12.4 Å². The van der Waals surface area contributed by atoms with E-state index < -0.39 is 0 Å². The average Bonchev–Trinajstić information content (AvgIpc) is 2.97. The molecule has 0 bridgehead atoms. The third-order valence-electron chi connectivity index (χ3n) is 4.18. The number of halogens is 1. The molecule has 3 nitrogen and oxygen atoms in total. The molecule has 1 aliphatic carbocycles.